The summed E-state index contributed by atoms with van der Waals surface area (Å²) in [4.78, 5) is 16.6. The van der Waals surface area contributed by atoms with E-state index < -0.39 is 5.97 Å². The van der Waals surface area contributed by atoms with E-state index in [1.807, 2.05) is 12.1 Å². The van der Waals surface area contributed by atoms with Gasteiger partial charge in [0.25, 0.3) is 0 Å². The van der Waals surface area contributed by atoms with E-state index >= 15 is 0 Å². The summed E-state index contributed by atoms with van der Waals surface area (Å²) in [5, 5.41) is 8.64. The van der Waals surface area contributed by atoms with Gasteiger partial charge in [-0.15, -0.1) is 0 Å². The monoisotopic (exact) mass is 222 g/mol. The second-order valence-corrected chi connectivity index (χ2v) is 3.93. The minimum absolute atomic E-state index is 0.249. The molecule has 16 heavy (non-hydrogen) atoms. The molecule has 1 aromatic rings. The van der Waals surface area contributed by atoms with E-state index in [4.69, 9.17) is 9.84 Å². The third kappa shape index (κ3) is 2.24. The maximum atomic E-state index is 10.5. The Kier molecular flexibility index (Phi) is 2.94. The summed E-state index contributed by atoms with van der Waals surface area (Å²) in [6.45, 7) is 1.58. The first-order chi connectivity index (χ1) is 7.69. The van der Waals surface area contributed by atoms with Gasteiger partial charge in [0.1, 0.15) is 0 Å². The van der Waals surface area contributed by atoms with Gasteiger partial charge in [-0.1, -0.05) is 0 Å². The largest absolute Gasteiger partial charge is 0.481 e. The number of ether oxygens (including phenoxy) is 1. The van der Waals surface area contributed by atoms with E-state index in [-0.39, 0.29) is 12.3 Å². The van der Waals surface area contributed by atoms with Crippen molar-refractivity contribution in [2.45, 2.75) is 6.42 Å². The minimum atomic E-state index is -0.725. The van der Waals surface area contributed by atoms with Gasteiger partial charge in [-0.2, -0.15) is 0 Å². The molecule has 1 aromatic heterocycles. The van der Waals surface area contributed by atoms with Crippen molar-refractivity contribution in [3.63, 3.8) is 0 Å². The summed E-state index contributed by atoms with van der Waals surface area (Å²) < 4.78 is 5.03. The van der Waals surface area contributed by atoms with E-state index in [1.54, 1.807) is 13.3 Å². The summed E-state index contributed by atoms with van der Waals surface area (Å²) in [5.41, 5.74) is 1.04. The predicted octanol–water partition coefficient (Wildman–Crippen LogP) is 1.00. The number of carboxylic acids is 1. The quantitative estimate of drug-likeness (QED) is 0.823. The molecule has 0 unspecified atom stereocenters. The number of carboxylic acid groups (broad SMARTS) is 1. The molecule has 0 spiro atoms. The van der Waals surface area contributed by atoms with Crippen LogP contribution in [0, 0.1) is 5.92 Å². The number of rotatable bonds is 4. The summed E-state index contributed by atoms with van der Waals surface area (Å²) >= 11 is 0. The Labute approximate surface area is 93.7 Å². The third-order valence-electron chi connectivity index (χ3n) is 2.71. The first kappa shape index (κ1) is 10.7. The molecule has 1 aliphatic heterocycles. The molecule has 1 saturated heterocycles. The molecule has 5 heteroatoms. The van der Waals surface area contributed by atoms with Gasteiger partial charge in [-0.3, -0.25) is 4.79 Å². The molecule has 2 rings (SSSR count). The van der Waals surface area contributed by atoms with Gasteiger partial charge in [-0.25, -0.2) is 4.98 Å². The fourth-order valence-electron chi connectivity index (χ4n) is 1.86. The summed E-state index contributed by atoms with van der Waals surface area (Å²) in [7, 11) is 1.58. The number of methoxy groups -OCH3 is 1. The molecule has 0 aromatic carbocycles. The molecule has 0 saturated carbocycles. The predicted molar refractivity (Wildman–Crippen MR) is 58.7 cm³/mol. The van der Waals surface area contributed by atoms with Crippen LogP contribution in [0.4, 0.5) is 5.69 Å². The van der Waals surface area contributed by atoms with Gasteiger partial charge in [0, 0.05) is 37.0 Å². The lowest BCUT2D eigenvalue weighted by Crippen LogP contribution is -2.47. The Morgan fingerprint density at radius 2 is 2.44 bits per heavy atom. The van der Waals surface area contributed by atoms with Crippen LogP contribution in [-0.2, 0) is 4.79 Å². The van der Waals surface area contributed by atoms with Crippen LogP contribution in [0.3, 0.4) is 0 Å². The van der Waals surface area contributed by atoms with Crippen LogP contribution < -0.4 is 9.64 Å². The van der Waals surface area contributed by atoms with Crippen LogP contribution in [-0.4, -0.2) is 36.3 Å². The van der Waals surface area contributed by atoms with Gasteiger partial charge in [0.2, 0.25) is 5.88 Å². The number of aliphatic carboxylic acids is 1. The number of carbonyl (C=O) groups is 1. The minimum Gasteiger partial charge on any atom is -0.481 e. The van der Waals surface area contributed by atoms with Crippen molar-refractivity contribution >= 4 is 11.7 Å². The molecule has 0 bridgehead atoms. The highest BCUT2D eigenvalue weighted by Gasteiger charge is 2.28. The fraction of sp³-hybridized carbons (Fsp3) is 0.455. The topological polar surface area (TPSA) is 62.7 Å². The maximum absolute atomic E-state index is 10.5. The fourth-order valence-corrected chi connectivity index (χ4v) is 1.86. The third-order valence-corrected chi connectivity index (χ3v) is 2.71. The average Bonchev–Trinajstić information content (AvgIpc) is 2.22. The van der Waals surface area contributed by atoms with Crippen LogP contribution >= 0.6 is 0 Å². The molecule has 5 nitrogen and oxygen atoms in total. The lowest BCUT2D eigenvalue weighted by atomic mass is 9.96. The Bertz CT molecular complexity index is 389. The smallest absolute Gasteiger partial charge is 0.303 e. The zero-order valence-corrected chi connectivity index (χ0v) is 9.09. The molecule has 0 amide bonds. The molecule has 1 fully saturated rings. The van der Waals surface area contributed by atoms with Gasteiger partial charge in [0.15, 0.2) is 0 Å². The van der Waals surface area contributed by atoms with Gasteiger partial charge in [0.05, 0.1) is 13.5 Å². The summed E-state index contributed by atoms with van der Waals surface area (Å²) in [5.74, 6) is 0.118. The standard InChI is InChI=1S/C11H14N2O3/c1-16-10-5-9(2-3-12-10)13-6-8(7-13)4-11(14)15/h2-3,5,8H,4,6-7H2,1H3,(H,14,15). The van der Waals surface area contributed by atoms with Gasteiger partial charge >= 0.3 is 5.97 Å². The number of anilines is 1. The molecule has 1 N–H and O–H groups in total. The molecule has 1 aliphatic rings. The van der Waals surface area contributed by atoms with Gasteiger partial charge in [-0.05, 0) is 6.07 Å². The lowest BCUT2D eigenvalue weighted by Gasteiger charge is -2.40. The van der Waals surface area contributed by atoms with Crippen molar-refractivity contribution in [3.8, 4) is 5.88 Å². The highest BCUT2D eigenvalue weighted by atomic mass is 16.5. The second-order valence-electron chi connectivity index (χ2n) is 3.93. The molecule has 0 aliphatic carbocycles. The van der Waals surface area contributed by atoms with E-state index in [1.165, 1.54) is 0 Å². The van der Waals surface area contributed by atoms with Crippen molar-refractivity contribution in [1.29, 1.82) is 0 Å². The van der Waals surface area contributed by atoms with Crippen LogP contribution in [0.1, 0.15) is 6.42 Å². The lowest BCUT2D eigenvalue weighted by molar-refractivity contribution is -0.138. The van der Waals surface area contributed by atoms with Crippen LogP contribution in [0.25, 0.3) is 0 Å². The molecule has 0 radical (unpaired) electrons. The van der Waals surface area contributed by atoms with Gasteiger partial charge < -0.3 is 14.7 Å². The van der Waals surface area contributed by atoms with Crippen molar-refractivity contribution in [2.75, 3.05) is 25.1 Å². The first-order valence-electron chi connectivity index (χ1n) is 5.16. The highest BCUT2D eigenvalue weighted by molar-refractivity contribution is 5.68. The highest BCUT2D eigenvalue weighted by Crippen LogP contribution is 2.27. The molecular weight excluding hydrogens is 208 g/mol. The van der Waals surface area contributed by atoms with E-state index in [0.29, 0.717) is 5.88 Å². The second kappa shape index (κ2) is 4.38. The summed E-state index contributed by atoms with van der Waals surface area (Å²) in [6, 6.07) is 3.76. The SMILES string of the molecule is COc1cc(N2CC(CC(=O)O)C2)ccn1. The van der Waals surface area contributed by atoms with Crippen molar-refractivity contribution in [2.24, 2.45) is 5.92 Å². The molecule has 2 heterocycles. The van der Waals surface area contributed by atoms with E-state index in [0.717, 1.165) is 18.8 Å². The zero-order valence-electron chi connectivity index (χ0n) is 9.09. The average molecular weight is 222 g/mol. The number of pyridine rings is 1. The van der Waals surface area contributed by atoms with E-state index in [9.17, 15) is 4.79 Å². The first-order valence-corrected chi connectivity index (χ1v) is 5.16. The van der Waals surface area contributed by atoms with Crippen molar-refractivity contribution < 1.29 is 14.6 Å². The molecule has 0 atom stereocenters. The Morgan fingerprint density at radius 1 is 1.69 bits per heavy atom. The van der Waals surface area contributed by atoms with Crippen molar-refractivity contribution in [3.05, 3.63) is 18.3 Å². The Morgan fingerprint density at radius 3 is 3.06 bits per heavy atom. The molecule has 86 valence electrons. The zero-order chi connectivity index (χ0) is 11.5. The number of hydrogen-bond acceptors (Lipinski definition) is 4. The number of hydrogen-bond donors (Lipinski definition) is 1. The van der Waals surface area contributed by atoms with E-state index in [2.05, 4.69) is 9.88 Å². The Balaban J connectivity index is 1.93. The number of nitrogens with zero attached hydrogens (tertiary/aromatic N) is 2. The molecular formula is C11H14N2O3. The Hall–Kier alpha value is -1.78. The van der Waals surface area contributed by atoms with Crippen LogP contribution in [0.5, 0.6) is 5.88 Å². The number of aromatic nitrogens is 1. The maximum Gasteiger partial charge on any atom is 0.303 e. The van der Waals surface area contributed by atoms with Crippen molar-refractivity contribution in [1.82, 2.24) is 4.98 Å². The summed E-state index contributed by atoms with van der Waals surface area (Å²) in [6.07, 6.45) is 1.94. The van der Waals surface area contributed by atoms with Crippen LogP contribution in [0.15, 0.2) is 18.3 Å². The van der Waals surface area contributed by atoms with Crippen LogP contribution in [0.2, 0.25) is 0 Å². The normalized spacial score (nSPS) is 15.7.